The van der Waals surface area contributed by atoms with E-state index in [2.05, 4.69) is 5.32 Å². The Morgan fingerprint density at radius 2 is 1.88 bits per heavy atom. The summed E-state index contributed by atoms with van der Waals surface area (Å²) in [5, 5.41) is 3.12. The lowest BCUT2D eigenvalue weighted by molar-refractivity contribution is -0.118. The van der Waals surface area contributed by atoms with E-state index in [9.17, 15) is 4.79 Å². The van der Waals surface area contributed by atoms with E-state index in [0.717, 1.165) is 11.1 Å². The molecule has 3 rings (SSSR count). The van der Waals surface area contributed by atoms with Gasteiger partial charge < -0.3 is 19.5 Å². The molecule has 0 spiro atoms. The molecule has 0 aliphatic carbocycles. The lowest BCUT2D eigenvalue weighted by Gasteiger charge is -2.20. The van der Waals surface area contributed by atoms with Crippen LogP contribution in [-0.2, 0) is 4.79 Å². The van der Waals surface area contributed by atoms with Crippen molar-refractivity contribution in [2.75, 3.05) is 25.1 Å². The van der Waals surface area contributed by atoms with Gasteiger partial charge in [0.15, 0.2) is 18.1 Å². The fourth-order valence-corrected chi connectivity index (χ4v) is 2.55. The van der Waals surface area contributed by atoms with Gasteiger partial charge in [-0.1, -0.05) is 23.7 Å². The summed E-state index contributed by atoms with van der Waals surface area (Å²) in [4.78, 5) is 12.1. The monoisotopic (exact) mass is 347 g/mol. The predicted octanol–water partition coefficient (Wildman–Crippen LogP) is 3.75. The number of halogens is 1. The van der Waals surface area contributed by atoms with E-state index in [1.54, 1.807) is 12.1 Å². The first-order chi connectivity index (χ1) is 11.5. The van der Waals surface area contributed by atoms with E-state index in [4.69, 9.17) is 25.8 Å². The minimum Gasteiger partial charge on any atom is -0.486 e. The van der Waals surface area contributed by atoms with Crippen LogP contribution in [0.4, 0.5) is 5.69 Å². The van der Waals surface area contributed by atoms with Crippen LogP contribution in [0.5, 0.6) is 17.2 Å². The third kappa shape index (κ3) is 3.74. The van der Waals surface area contributed by atoms with E-state index < -0.39 is 0 Å². The number of hydrogen-bond donors (Lipinski definition) is 1. The Hall–Kier alpha value is -2.40. The highest BCUT2D eigenvalue weighted by atomic mass is 35.5. The summed E-state index contributed by atoms with van der Waals surface area (Å²) < 4.78 is 16.5. The predicted molar refractivity (Wildman–Crippen MR) is 92.5 cm³/mol. The molecule has 0 unspecified atom stereocenters. The maximum absolute atomic E-state index is 12.1. The third-order valence-electron chi connectivity index (χ3n) is 3.61. The lowest BCUT2D eigenvalue weighted by Crippen LogP contribution is -2.21. The van der Waals surface area contributed by atoms with Crippen molar-refractivity contribution in [1.82, 2.24) is 0 Å². The third-order valence-corrected chi connectivity index (χ3v) is 3.92. The Kier molecular flexibility index (Phi) is 4.81. The Labute approximate surface area is 145 Å². The maximum Gasteiger partial charge on any atom is 0.262 e. The molecule has 0 aromatic heterocycles. The number of rotatable bonds is 4. The second-order valence-electron chi connectivity index (χ2n) is 5.58. The van der Waals surface area contributed by atoms with Crippen molar-refractivity contribution in [2.24, 2.45) is 0 Å². The topological polar surface area (TPSA) is 56.8 Å². The molecule has 1 heterocycles. The van der Waals surface area contributed by atoms with Crippen molar-refractivity contribution in [3.05, 3.63) is 46.5 Å². The molecule has 2 aromatic carbocycles. The van der Waals surface area contributed by atoms with Crippen molar-refractivity contribution in [1.29, 1.82) is 0 Å². The van der Waals surface area contributed by atoms with Crippen molar-refractivity contribution in [3.63, 3.8) is 0 Å². The van der Waals surface area contributed by atoms with Crippen LogP contribution in [0, 0.1) is 13.8 Å². The molecule has 1 N–H and O–H groups in total. The number of amides is 1. The number of benzene rings is 2. The number of fused-ring (bicyclic) bond motifs is 1. The summed E-state index contributed by atoms with van der Waals surface area (Å²) in [5.41, 5.74) is 2.52. The molecule has 126 valence electrons. The van der Waals surface area contributed by atoms with Gasteiger partial charge in [-0.2, -0.15) is 0 Å². The second-order valence-corrected chi connectivity index (χ2v) is 5.99. The van der Waals surface area contributed by atoms with Crippen LogP contribution >= 0.6 is 11.6 Å². The van der Waals surface area contributed by atoms with Gasteiger partial charge in [0, 0.05) is 12.1 Å². The summed E-state index contributed by atoms with van der Waals surface area (Å²) in [5.74, 6) is 1.54. The molecule has 0 fully saturated rings. The molecule has 5 nitrogen and oxygen atoms in total. The van der Waals surface area contributed by atoms with E-state index in [0.29, 0.717) is 41.2 Å². The lowest BCUT2D eigenvalue weighted by atomic mass is 10.1. The molecule has 0 saturated heterocycles. The summed E-state index contributed by atoms with van der Waals surface area (Å²) in [6.07, 6.45) is 0. The summed E-state index contributed by atoms with van der Waals surface area (Å²) in [6, 6.07) is 9.15. The van der Waals surface area contributed by atoms with Gasteiger partial charge in [-0.15, -0.1) is 0 Å². The van der Waals surface area contributed by atoms with Crippen molar-refractivity contribution < 1.29 is 19.0 Å². The van der Waals surface area contributed by atoms with E-state index in [-0.39, 0.29) is 12.5 Å². The SMILES string of the molecule is Cc1ccc(C)c(OCC(=O)Nc2cc3c(cc2Cl)OCCO3)c1. The molecule has 0 saturated carbocycles. The number of ether oxygens (including phenoxy) is 3. The van der Waals surface area contributed by atoms with Gasteiger partial charge in [-0.3, -0.25) is 4.79 Å². The zero-order chi connectivity index (χ0) is 17.1. The van der Waals surface area contributed by atoms with Crippen LogP contribution in [0.1, 0.15) is 11.1 Å². The molecule has 0 bridgehead atoms. The van der Waals surface area contributed by atoms with Gasteiger partial charge in [-0.25, -0.2) is 0 Å². The Morgan fingerprint density at radius 3 is 2.62 bits per heavy atom. The second kappa shape index (κ2) is 7.01. The van der Waals surface area contributed by atoms with Crippen LogP contribution in [0.25, 0.3) is 0 Å². The normalized spacial score (nSPS) is 12.6. The van der Waals surface area contributed by atoms with Gasteiger partial charge >= 0.3 is 0 Å². The van der Waals surface area contributed by atoms with Gasteiger partial charge in [0.05, 0.1) is 10.7 Å². The zero-order valence-corrected chi connectivity index (χ0v) is 14.3. The standard InChI is InChI=1S/C18H18ClNO4/c1-11-3-4-12(2)15(7-11)24-10-18(21)20-14-9-17-16(8-13(14)19)22-5-6-23-17/h3-4,7-9H,5-6,10H2,1-2H3,(H,20,21). The van der Waals surface area contributed by atoms with Gasteiger partial charge in [0.2, 0.25) is 0 Å². The molecule has 6 heteroatoms. The maximum atomic E-state index is 12.1. The highest BCUT2D eigenvalue weighted by Gasteiger charge is 2.16. The molecular formula is C18H18ClNO4. The molecule has 0 atom stereocenters. The van der Waals surface area contributed by atoms with Crippen LogP contribution in [0.2, 0.25) is 5.02 Å². The Bertz CT molecular complexity index is 776. The van der Waals surface area contributed by atoms with E-state index in [1.807, 2.05) is 32.0 Å². The molecule has 2 aromatic rings. The van der Waals surface area contributed by atoms with Gasteiger partial charge in [0.25, 0.3) is 5.91 Å². The van der Waals surface area contributed by atoms with Gasteiger partial charge in [-0.05, 0) is 31.0 Å². The Morgan fingerprint density at radius 1 is 1.17 bits per heavy atom. The minimum atomic E-state index is -0.297. The summed E-state index contributed by atoms with van der Waals surface area (Å²) >= 11 is 6.18. The van der Waals surface area contributed by atoms with Crippen LogP contribution in [0.3, 0.4) is 0 Å². The molecular weight excluding hydrogens is 330 g/mol. The number of anilines is 1. The highest BCUT2D eigenvalue weighted by Crippen LogP contribution is 2.37. The molecule has 1 aliphatic rings. The number of hydrogen-bond acceptors (Lipinski definition) is 4. The number of carbonyl (C=O) groups excluding carboxylic acids is 1. The minimum absolute atomic E-state index is 0.102. The average molecular weight is 348 g/mol. The molecule has 0 radical (unpaired) electrons. The van der Waals surface area contributed by atoms with Crippen LogP contribution < -0.4 is 19.5 Å². The number of carbonyl (C=O) groups is 1. The number of nitrogens with one attached hydrogen (secondary N) is 1. The highest BCUT2D eigenvalue weighted by molar-refractivity contribution is 6.34. The smallest absolute Gasteiger partial charge is 0.262 e. The molecule has 1 aliphatic heterocycles. The van der Waals surface area contributed by atoms with Crippen LogP contribution in [0.15, 0.2) is 30.3 Å². The van der Waals surface area contributed by atoms with Gasteiger partial charge in [0.1, 0.15) is 19.0 Å². The zero-order valence-electron chi connectivity index (χ0n) is 13.5. The van der Waals surface area contributed by atoms with Crippen molar-refractivity contribution in [3.8, 4) is 17.2 Å². The summed E-state index contributed by atoms with van der Waals surface area (Å²) in [7, 11) is 0. The first-order valence-electron chi connectivity index (χ1n) is 7.62. The van der Waals surface area contributed by atoms with Crippen molar-refractivity contribution >= 4 is 23.2 Å². The van der Waals surface area contributed by atoms with Crippen molar-refractivity contribution in [2.45, 2.75) is 13.8 Å². The number of aryl methyl sites for hydroxylation is 2. The Balaban J connectivity index is 1.65. The fourth-order valence-electron chi connectivity index (χ4n) is 2.35. The first-order valence-corrected chi connectivity index (χ1v) is 8.00. The average Bonchev–Trinajstić information content (AvgIpc) is 2.56. The van der Waals surface area contributed by atoms with Crippen LogP contribution in [-0.4, -0.2) is 25.7 Å². The molecule has 24 heavy (non-hydrogen) atoms. The molecule has 1 amide bonds. The first kappa shape index (κ1) is 16.5. The summed E-state index contributed by atoms with van der Waals surface area (Å²) in [6.45, 7) is 4.76. The quantitative estimate of drug-likeness (QED) is 0.915. The van der Waals surface area contributed by atoms with E-state index >= 15 is 0 Å². The largest absolute Gasteiger partial charge is 0.486 e. The fraction of sp³-hybridized carbons (Fsp3) is 0.278. The van der Waals surface area contributed by atoms with E-state index in [1.165, 1.54) is 0 Å².